The van der Waals surface area contributed by atoms with Crippen LogP contribution in [0.3, 0.4) is 0 Å². The van der Waals surface area contributed by atoms with Crippen molar-refractivity contribution < 1.29 is 0 Å². The zero-order chi connectivity index (χ0) is 15.1. The summed E-state index contributed by atoms with van der Waals surface area (Å²) < 4.78 is 0.406. The summed E-state index contributed by atoms with van der Waals surface area (Å²) in [5, 5.41) is 3.46. The molecular formula is C18H30N2S. The fourth-order valence-corrected chi connectivity index (χ4v) is 4.03. The summed E-state index contributed by atoms with van der Waals surface area (Å²) in [5.41, 5.74) is 2.89. The molecular weight excluding hydrogens is 276 g/mol. The molecule has 1 N–H and O–H groups in total. The van der Waals surface area contributed by atoms with Crippen molar-refractivity contribution in [1.82, 2.24) is 10.2 Å². The topological polar surface area (TPSA) is 15.3 Å². The first kappa shape index (κ1) is 16.9. The number of hydrogen-bond acceptors (Lipinski definition) is 3. The van der Waals surface area contributed by atoms with Gasteiger partial charge in [-0.1, -0.05) is 31.2 Å². The van der Waals surface area contributed by atoms with Gasteiger partial charge in [-0.3, -0.25) is 4.90 Å². The molecule has 1 aliphatic heterocycles. The maximum atomic E-state index is 3.46. The number of nitrogens with zero attached hydrogens (tertiary/aromatic N) is 1. The van der Waals surface area contributed by atoms with Crippen LogP contribution in [0.4, 0.5) is 0 Å². The standard InChI is InChI=1S/C18H30N2S/c1-4-10-19-11-9-16-5-7-17(8-6-16)14-20-12-13-21-18(2,3)15-20/h5-8,19H,4,9-15H2,1-3H3. The zero-order valence-electron chi connectivity index (χ0n) is 13.8. The van der Waals surface area contributed by atoms with Gasteiger partial charge in [0.2, 0.25) is 0 Å². The molecule has 1 heterocycles. The number of hydrogen-bond donors (Lipinski definition) is 1. The molecule has 0 aromatic heterocycles. The van der Waals surface area contributed by atoms with Crippen LogP contribution in [0.1, 0.15) is 38.3 Å². The lowest BCUT2D eigenvalue weighted by Crippen LogP contribution is -2.42. The van der Waals surface area contributed by atoms with Gasteiger partial charge >= 0.3 is 0 Å². The summed E-state index contributed by atoms with van der Waals surface area (Å²) in [6, 6.07) is 9.22. The Hall–Kier alpha value is -0.510. The molecule has 1 aromatic rings. The summed E-state index contributed by atoms with van der Waals surface area (Å²) in [6.45, 7) is 12.6. The second-order valence-corrected chi connectivity index (χ2v) is 8.44. The Balaban J connectivity index is 1.79. The van der Waals surface area contributed by atoms with Gasteiger partial charge in [0.1, 0.15) is 0 Å². The van der Waals surface area contributed by atoms with Crippen molar-refractivity contribution in [2.45, 2.75) is 44.9 Å². The van der Waals surface area contributed by atoms with Crippen molar-refractivity contribution in [3.8, 4) is 0 Å². The Kier molecular flexibility index (Phi) is 6.59. The van der Waals surface area contributed by atoms with E-state index >= 15 is 0 Å². The molecule has 3 heteroatoms. The van der Waals surface area contributed by atoms with Crippen LogP contribution < -0.4 is 5.32 Å². The Bertz CT molecular complexity index is 414. The zero-order valence-corrected chi connectivity index (χ0v) is 14.6. The predicted molar refractivity (Wildman–Crippen MR) is 95.1 cm³/mol. The van der Waals surface area contributed by atoms with Crippen molar-refractivity contribution in [3.05, 3.63) is 35.4 Å². The number of rotatable bonds is 7. The lowest BCUT2D eigenvalue weighted by molar-refractivity contribution is 0.252. The Morgan fingerprint density at radius 2 is 1.86 bits per heavy atom. The van der Waals surface area contributed by atoms with Gasteiger partial charge in [0.25, 0.3) is 0 Å². The summed E-state index contributed by atoms with van der Waals surface area (Å²) >= 11 is 2.10. The minimum atomic E-state index is 0.406. The van der Waals surface area contributed by atoms with Crippen molar-refractivity contribution in [3.63, 3.8) is 0 Å². The average molecular weight is 307 g/mol. The van der Waals surface area contributed by atoms with Gasteiger partial charge < -0.3 is 5.32 Å². The van der Waals surface area contributed by atoms with Gasteiger partial charge in [-0.15, -0.1) is 0 Å². The van der Waals surface area contributed by atoms with E-state index in [2.05, 4.69) is 67.0 Å². The molecule has 0 unspecified atom stereocenters. The van der Waals surface area contributed by atoms with Gasteiger partial charge in [0.05, 0.1) is 0 Å². The first-order valence-electron chi connectivity index (χ1n) is 8.24. The highest BCUT2D eigenvalue weighted by Gasteiger charge is 2.26. The van der Waals surface area contributed by atoms with E-state index in [1.54, 1.807) is 0 Å². The van der Waals surface area contributed by atoms with Crippen LogP contribution >= 0.6 is 11.8 Å². The van der Waals surface area contributed by atoms with Crippen molar-refractivity contribution >= 4 is 11.8 Å². The highest BCUT2D eigenvalue weighted by Crippen LogP contribution is 2.30. The monoisotopic (exact) mass is 306 g/mol. The molecule has 21 heavy (non-hydrogen) atoms. The van der Waals surface area contributed by atoms with Crippen LogP contribution in [-0.4, -0.2) is 41.6 Å². The maximum Gasteiger partial charge on any atom is 0.0234 e. The highest BCUT2D eigenvalue weighted by molar-refractivity contribution is 8.00. The van der Waals surface area contributed by atoms with Crippen LogP contribution in [0, 0.1) is 0 Å². The summed E-state index contributed by atoms with van der Waals surface area (Å²) in [7, 11) is 0. The smallest absolute Gasteiger partial charge is 0.0234 e. The molecule has 118 valence electrons. The Morgan fingerprint density at radius 1 is 1.14 bits per heavy atom. The molecule has 0 amide bonds. The van der Waals surface area contributed by atoms with Gasteiger partial charge in [0.15, 0.2) is 0 Å². The Labute approximate surface area is 134 Å². The highest BCUT2D eigenvalue weighted by atomic mass is 32.2. The average Bonchev–Trinajstić information content (AvgIpc) is 2.44. The van der Waals surface area contributed by atoms with E-state index in [1.165, 1.54) is 36.4 Å². The summed E-state index contributed by atoms with van der Waals surface area (Å²) in [4.78, 5) is 2.59. The third kappa shape index (κ3) is 6.01. The summed E-state index contributed by atoms with van der Waals surface area (Å²) in [5.74, 6) is 1.26. The minimum Gasteiger partial charge on any atom is -0.316 e. The van der Waals surface area contributed by atoms with Crippen LogP contribution in [0.15, 0.2) is 24.3 Å². The van der Waals surface area contributed by atoms with Crippen LogP contribution in [0.2, 0.25) is 0 Å². The van der Waals surface area contributed by atoms with E-state index < -0.39 is 0 Å². The normalized spacial score (nSPS) is 18.8. The second-order valence-electron chi connectivity index (χ2n) is 6.64. The van der Waals surface area contributed by atoms with E-state index in [1.807, 2.05) is 0 Å². The molecule has 1 aliphatic rings. The molecule has 0 aliphatic carbocycles. The molecule has 0 radical (unpaired) electrons. The van der Waals surface area contributed by atoms with E-state index in [4.69, 9.17) is 0 Å². The quantitative estimate of drug-likeness (QED) is 0.776. The molecule has 1 aromatic carbocycles. The first-order chi connectivity index (χ1) is 10.1. The SMILES string of the molecule is CCCNCCc1ccc(CN2CCSC(C)(C)C2)cc1. The minimum absolute atomic E-state index is 0.406. The Morgan fingerprint density at radius 3 is 2.52 bits per heavy atom. The van der Waals surface area contributed by atoms with E-state index in [0.29, 0.717) is 4.75 Å². The molecule has 1 fully saturated rings. The number of nitrogens with one attached hydrogen (secondary N) is 1. The lowest BCUT2D eigenvalue weighted by Gasteiger charge is -2.37. The van der Waals surface area contributed by atoms with Crippen LogP contribution in [0.5, 0.6) is 0 Å². The molecule has 0 saturated carbocycles. The van der Waals surface area contributed by atoms with E-state index in [0.717, 1.165) is 26.1 Å². The van der Waals surface area contributed by atoms with Crippen LogP contribution in [0.25, 0.3) is 0 Å². The van der Waals surface area contributed by atoms with Crippen LogP contribution in [-0.2, 0) is 13.0 Å². The predicted octanol–water partition coefficient (Wildman–Crippen LogP) is 3.56. The summed E-state index contributed by atoms with van der Waals surface area (Å²) in [6.07, 6.45) is 2.34. The molecule has 2 rings (SSSR count). The van der Waals surface area contributed by atoms with Crippen molar-refractivity contribution in [2.75, 3.05) is 31.9 Å². The van der Waals surface area contributed by atoms with Gasteiger partial charge in [-0.05, 0) is 50.9 Å². The fraction of sp³-hybridized carbons (Fsp3) is 0.667. The third-order valence-electron chi connectivity index (χ3n) is 3.95. The van der Waals surface area contributed by atoms with Gasteiger partial charge in [-0.25, -0.2) is 0 Å². The molecule has 0 atom stereocenters. The number of thioether (sulfide) groups is 1. The van der Waals surface area contributed by atoms with Gasteiger partial charge in [-0.2, -0.15) is 11.8 Å². The lowest BCUT2D eigenvalue weighted by atomic mass is 10.1. The molecule has 0 bridgehead atoms. The second kappa shape index (κ2) is 8.21. The van der Waals surface area contributed by atoms with Gasteiger partial charge in [0, 0.05) is 30.1 Å². The van der Waals surface area contributed by atoms with Crippen molar-refractivity contribution in [2.24, 2.45) is 0 Å². The van der Waals surface area contributed by atoms with E-state index in [9.17, 15) is 0 Å². The molecule has 2 nitrogen and oxygen atoms in total. The molecule has 1 saturated heterocycles. The molecule has 0 spiro atoms. The van der Waals surface area contributed by atoms with E-state index in [-0.39, 0.29) is 0 Å². The largest absolute Gasteiger partial charge is 0.316 e. The maximum absolute atomic E-state index is 3.46. The third-order valence-corrected chi connectivity index (χ3v) is 5.25. The number of benzene rings is 1. The fourth-order valence-electron chi connectivity index (χ4n) is 2.85. The van der Waals surface area contributed by atoms with Crippen molar-refractivity contribution in [1.29, 1.82) is 0 Å². The first-order valence-corrected chi connectivity index (χ1v) is 9.22.